The van der Waals surface area contributed by atoms with Crippen LogP contribution in [0.3, 0.4) is 0 Å². The lowest BCUT2D eigenvalue weighted by molar-refractivity contribution is -0.122. The van der Waals surface area contributed by atoms with E-state index in [1.165, 1.54) is 16.7 Å². The molecular formula is C18H15NO4S2. The van der Waals surface area contributed by atoms with Gasteiger partial charge < -0.3 is 9.52 Å². The SMILES string of the molecule is CCN1C(=O)/C(=C/c2ccc(-c3cccc(C(=O)O)c3C)o2)SC1=S. The summed E-state index contributed by atoms with van der Waals surface area (Å²) in [5.41, 5.74) is 1.58. The van der Waals surface area contributed by atoms with Crippen LogP contribution in [-0.2, 0) is 4.79 Å². The molecule has 0 atom stereocenters. The van der Waals surface area contributed by atoms with Gasteiger partial charge in [0, 0.05) is 18.2 Å². The standard InChI is InChI=1S/C18H15NO4S2/c1-3-19-16(20)15(25-18(19)24)9-11-7-8-14(23-11)12-5-4-6-13(10(12)2)17(21)22/h4-9H,3H2,1-2H3,(H,21,22)/b15-9-. The van der Waals surface area contributed by atoms with Crippen LogP contribution in [-0.4, -0.2) is 32.7 Å². The minimum absolute atomic E-state index is 0.125. The largest absolute Gasteiger partial charge is 0.478 e. The number of hydrogen-bond acceptors (Lipinski definition) is 5. The highest BCUT2D eigenvalue weighted by atomic mass is 32.2. The summed E-state index contributed by atoms with van der Waals surface area (Å²) in [5.74, 6) is -0.0292. The van der Waals surface area contributed by atoms with Crippen molar-refractivity contribution in [3.63, 3.8) is 0 Å². The number of furan rings is 1. The van der Waals surface area contributed by atoms with E-state index < -0.39 is 5.97 Å². The van der Waals surface area contributed by atoms with Crippen LogP contribution in [0.25, 0.3) is 17.4 Å². The molecule has 1 aliphatic heterocycles. The fourth-order valence-corrected chi connectivity index (χ4v) is 3.98. The van der Waals surface area contributed by atoms with Crippen LogP contribution < -0.4 is 0 Å². The lowest BCUT2D eigenvalue weighted by Gasteiger charge is -2.09. The Morgan fingerprint density at radius 1 is 1.36 bits per heavy atom. The third kappa shape index (κ3) is 3.25. The van der Waals surface area contributed by atoms with Crippen molar-refractivity contribution < 1.29 is 19.1 Å². The van der Waals surface area contributed by atoms with E-state index in [2.05, 4.69) is 0 Å². The monoisotopic (exact) mass is 373 g/mol. The first-order chi connectivity index (χ1) is 11.9. The van der Waals surface area contributed by atoms with Crippen molar-refractivity contribution >= 4 is 46.3 Å². The van der Waals surface area contributed by atoms with Crippen LogP contribution in [0.2, 0.25) is 0 Å². The second kappa shape index (κ2) is 6.85. The van der Waals surface area contributed by atoms with Gasteiger partial charge >= 0.3 is 5.97 Å². The number of likely N-dealkylation sites (N-methyl/N-ethyl adjacent to an activating group) is 1. The van der Waals surface area contributed by atoms with Crippen molar-refractivity contribution in [1.82, 2.24) is 4.90 Å². The van der Waals surface area contributed by atoms with Gasteiger partial charge in [-0.15, -0.1) is 0 Å². The summed E-state index contributed by atoms with van der Waals surface area (Å²) in [6, 6.07) is 8.56. The molecule has 0 bridgehead atoms. The van der Waals surface area contributed by atoms with Crippen molar-refractivity contribution in [3.05, 3.63) is 52.1 Å². The maximum Gasteiger partial charge on any atom is 0.335 e. The van der Waals surface area contributed by atoms with Gasteiger partial charge in [-0.05, 0) is 37.6 Å². The number of hydrogen-bond donors (Lipinski definition) is 1. The van der Waals surface area contributed by atoms with Gasteiger partial charge in [-0.2, -0.15) is 0 Å². The molecule has 1 aliphatic rings. The van der Waals surface area contributed by atoms with Gasteiger partial charge in [0.25, 0.3) is 5.91 Å². The molecule has 25 heavy (non-hydrogen) atoms. The molecular weight excluding hydrogens is 358 g/mol. The first-order valence-corrected chi connectivity index (χ1v) is 8.83. The summed E-state index contributed by atoms with van der Waals surface area (Å²) in [7, 11) is 0. The molecule has 3 rings (SSSR count). The van der Waals surface area contributed by atoms with E-state index in [0.717, 1.165) is 0 Å². The number of rotatable bonds is 4. The van der Waals surface area contributed by atoms with E-state index in [-0.39, 0.29) is 11.5 Å². The number of carboxylic acids is 1. The van der Waals surface area contributed by atoms with Crippen molar-refractivity contribution in [2.24, 2.45) is 0 Å². The summed E-state index contributed by atoms with van der Waals surface area (Å²) in [6.45, 7) is 4.15. The first-order valence-electron chi connectivity index (χ1n) is 7.61. The molecule has 0 unspecified atom stereocenters. The first kappa shape index (κ1) is 17.4. The lowest BCUT2D eigenvalue weighted by Crippen LogP contribution is -2.27. The predicted octanol–water partition coefficient (Wildman–Crippen LogP) is 4.17. The Bertz CT molecular complexity index is 914. The second-order valence-corrected chi connectivity index (χ2v) is 7.09. The molecule has 1 saturated heterocycles. The van der Waals surface area contributed by atoms with Gasteiger partial charge in [0.05, 0.1) is 10.5 Å². The molecule has 5 nitrogen and oxygen atoms in total. The molecule has 1 amide bonds. The number of carboxylic acid groups (broad SMARTS) is 1. The minimum atomic E-state index is -0.977. The van der Waals surface area contributed by atoms with E-state index in [9.17, 15) is 14.7 Å². The molecule has 0 saturated carbocycles. The molecule has 1 N–H and O–H groups in total. The van der Waals surface area contributed by atoms with E-state index in [0.29, 0.717) is 38.4 Å². The van der Waals surface area contributed by atoms with Gasteiger partial charge in [0.15, 0.2) is 0 Å². The van der Waals surface area contributed by atoms with Gasteiger partial charge in [-0.25, -0.2) is 4.79 Å². The maximum absolute atomic E-state index is 12.2. The van der Waals surface area contributed by atoms with Gasteiger partial charge in [0.2, 0.25) is 0 Å². The number of aromatic carboxylic acids is 1. The third-order valence-corrected chi connectivity index (χ3v) is 5.30. The molecule has 2 heterocycles. The lowest BCUT2D eigenvalue weighted by atomic mass is 10.0. The topological polar surface area (TPSA) is 70.8 Å². The summed E-state index contributed by atoms with van der Waals surface area (Å²) < 4.78 is 6.34. The van der Waals surface area contributed by atoms with E-state index in [1.54, 1.807) is 43.3 Å². The Labute approximate surface area is 154 Å². The van der Waals surface area contributed by atoms with E-state index in [4.69, 9.17) is 16.6 Å². The zero-order valence-corrected chi connectivity index (χ0v) is 15.2. The van der Waals surface area contributed by atoms with E-state index in [1.807, 2.05) is 6.92 Å². The number of carbonyl (C=O) groups excluding carboxylic acids is 1. The zero-order chi connectivity index (χ0) is 18.1. The van der Waals surface area contributed by atoms with Gasteiger partial charge in [-0.1, -0.05) is 36.1 Å². The minimum Gasteiger partial charge on any atom is -0.478 e. The smallest absolute Gasteiger partial charge is 0.335 e. The Hall–Kier alpha value is -2.38. The fraction of sp³-hybridized carbons (Fsp3) is 0.167. The second-order valence-electron chi connectivity index (χ2n) is 5.41. The number of nitrogens with zero attached hydrogens (tertiary/aromatic N) is 1. The number of carbonyl (C=O) groups is 2. The number of benzene rings is 1. The van der Waals surface area contributed by atoms with E-state index >= 15 is 0 Å². The third-order valence-electron chi connectivity index (χ3n) is 3.92. The molecule has 1 fully saturated rings. The summed E-state index contributed by atoms with van der Waals surface area (Å²) in [5, 5.41) is 9.24. The predicted molar refractivity (Wildman–Crippen MR) is 101 cm³/mol. The summed E-state index contributed by atoms with van der Waals surface area (Å²) >= 11 is 6.44. The highest BCUT2D eigenvalue weighted by Gasteiger charge is 2.30. The highest BCUT2D eigenvalue weighted by Crippen LogP contribution is 2.34. The number of thiocarbonyl (C=S) groups is 1. The Morgan fingerprint density at radius 2 is 2.12 bits per heavy atom. The average molecular weight is 373 g/mol. The van der Waals surface area contributed by atoms with Crippen LogP contribution in [0, 0.1) is 6.92 Å². The average Bonchev–Trinajstić information content (AvgIpc) is 3.12. The molecule has 2 aromatic rings. The van der Waals surface area contributed by atoms with Crippen LogP contribution in [0.5, 0.6) is 0 Å². The van der Waals surface area contributed by atoms with Crippen molar-refractivity contribution in [2.75, 3.05) is 6.54 Å². The number of amides is 1. The zero-order valence-electron chi connectivity index (χ0n) is 13.6. The normalized spacial score (nSPS) is 16.1. The number of thioether (sulfide) groups is 1. The van der Waals surface area contributed by atoms with Crippen LogP contribution in [0.1, 0.15) is 28.6 Å². The van der Waals surface area contributed by atoms with Crippen molar-refractivity contribution in [2.45, 2.75) is 13.8 Å². The Morgan fingerprint density at radius 3 is 2.76 bits per heavy atom. The highest BCUT2D eigenvalue weighted by molar-refractivity contribution is 8.26. The molecule has 1 aromatic heterocycles. The van der Waals surface area contributed by atoms with Crippen molar-refractivity contribution in [1.29, 1.82) is 0 Å². The van der Waals surface area contributed by atoms with Crippen LogP contribution in [0.4, 0.5) is 0 Å². The van der Waals surface area contributed by atoms with Gasteiger partial charge in [0.1, 0.15) is 15.8 Å². The molecule has 0 spiro atoms. The summed E-state index contributed by atoms with van der Waals surface area (Å²) in [4.78, 5) is 25.6. The fourth-order valence-electron chi connectivity index (χ4n) is 2.61. The van der Waals surface area contributed by atoms with Gasteiger partial charge in [-0.3, -0.25) is 9.69 Å². The molecule has 0 radical (unpaired) electrons. The summed E-state index contributed by atoms with van der Waals surface area (Å²) in [6.07, 6.45) is 1.66. The maximum atomic E-state index is 12.2. The van der Waals surface area contributed by atoms with Crippen LogP contribution in [0.15, 0.2) is 39.7 Å². The Balaban J connectivity index is 1.93. The molecule has 0 aliphatic carbocycles. The molecule has 1 aromatic carbocycles. The molecule has 128 valence electrons. The molecule has 7 heteroatoms. The Kier molecular flexibility index (Phi) is 4.78. The van der Waals surface area contributed by atoms with Crippen LogP contribution >= 0.6 is 24.0 Å². The quantitative estimate of drug-likeness (QED) is 0.641. The van der Waals surface area contributed by atoms with Crippen molar-refractivity contribution in [3.8, 4) is 11.3 Å².